The van der Waals surface area contributed by atoms with Crippen LogP contribution in [0, 0.1) is 0 Å². The maximum absolute atomic E-state index is 12.1. The number of anilines is 1. The van der Waals surface area contributed by atoms with Gasteiger partial charge in [-0.3, -0.25) is 4.79 Å². The van der Waals surface area contributed by atoms with E-state index in [1.54, 1.807) is 6.08 Å². The fourth-order valence-corrected chi connectivity index (χ4v) is 3.12. The van der Waals surface area contributed by atoms with E-state index in [-0.39, 0.29) is 22.1 Å². The minimum Gasteiger partial charge on any atom is -0.506 e. The number of sulfone groups is 1. The SMILES string of the molecule is CCCOc1ccc(/C=C/C(=O)Nc2cc(S(=O)(=O)CC)ccc2O)cc1. The third-order valence-electron chi connectivity index (χ3n) is 3.75. The van der Waals surface area contributed by atoms with Crippen LogP contribution in [0.4, 0.5) is 5.69 Å². The van der Waals surface area contributed by atoms with Crippen LogP contribution >= 0.6 is 0 Å². The molecule has 2 N–H and O–H groups in total. The predicted octanol–water partition coefficient (Wildman–Crippen LogP) is 3.63. The van der Waals surface area contributed by atoms with E-state index in [1.165, 1.54) is 31.2 Å². The Morgan fingerprint density at radius 2 is 1.85 bits per heavy atom. The average molecular weight is 389 g/mol. The third-order valence-corrected chi connectivity index (χ3v) is 5.48. The maximum Gasteiger partial charge on any atom is 0.248 e. The number of benzene rings is 2. The van der Waals surface area contributed by atoms with Gasteiger partial charge in [0.15, 0.2) is 9.84 Å². The molecule has 0 unspecified atom stereocenters. The topological polar surface area (TPSA) is 92.7 Å². The second-order valence-corrected chi connectivity index (χ2v) is 8.10. The Balaban J connectivity index is 2.07. The zero-order chi connectivity index (χ0) is 19.9. The summed E-state index contributed by atoms with van der Waals surface area (Å²) < 4.78 is 29.4. The molecule has 7 heteroatoms. The summed E-state index contributed by atoms with van der Waals surface area (Å²) in [6.07, 6.45) is 3.85. The number of carbonyl (C=O) groups excluding carboxylic acids is 1. The van der Waals surface area contributed by atoms with Crippen LogP contribution in [0.1, 0.15) is 25.8 Å². The highest BCUT2D eigenvalue weighted by Crippen LogP contribution is 2.27. The van der Waals surface area contributed by atoms with Crippen molar-refractivity contribution in [1.82, 2.24) is 0 Å². The molecule has 2 aromatic carbocycles. The summed E-state index contributed by atoms with van der Waals surface area (Å²) in [4.78, 5) is 12.1. The first-order valence-corrected chi connectivity index (χ1v) is 10.3. The van der Waals surface area contributed by atoms with Gasteiger partial charge in [-0.15, -0.1) is 0 Å². The number of nitrogens with one attached hydrogen (secondary N) is 1. The van der Waals surface area contributed by atoms with Crippen molar-refractivity contribution >= 4 is 27.5 Å². The number of phenolic OH excluding ortho intramolecular Hbond substituents is 1. The summed E-state index contributed by atoms with van der Waals surface area (Å²) in [6, 6.07) is 11.1. The monoisotopic (exact) mass is 389 g/mol. The lowest BCUT2D eigenvalue weighted by Crippen LogP contribution is -2.10. The number of hydrogen-bond donors (Lipinski definition) is 2. The normalized spacial score (nSPS) is 11.5. The molecular weight excluding hydrogens is 366 g/mol. The van der Waals surface area contributed by atoms with Gasteiger partial charge in [-0.25, -0.2) is 8.42 Å². The summed E-state index contributed by atoms with van der Waals surface area (Å²) in [7, 11) is -3.43. The second kappa shape index (κ2) is 9.23. The minimum atomic E-state index is -3.43. The van der Waals surface area contributed by atoms with Crippen LogP contribution in [0.25, 0.3) is 6.08 Å². The fraction of sp³-hybridized carbons (Fsp3) is 0.250. The van der Waals surface area contributed by atoms with Gasteiger partial charge in [0.1, 0.15) is 11.5 Å². The number of ether oxygens (including phenoxy) is 1. The first kappa shape index (κ1) is 20.5. The molecule has 0 spiro atoms. The fourth-order valence-electron chi connectivity index (χ4n) is 2.22. The Hall–Kier alpha value is -2.80. The molecular formula is C20H23NO5S. The van der Waals surface area contributed by atoms with Gasteiger partial charge in [-0.05, 0) is 48.4 Å². The summed E-state index contributed by atoms with van der Waals surface area (Å²) in [5.74, 6) is 0.00690. The van der Waals surface area contributed by atoms with Crippen molar-refractivity contribution in [1.29, 1.82) is 0 Å². The molecule has 0 bridgehead atoms. The highest BCUT2D eigenvalue weighted by atomic mass is 32.2. The number of amides is 1. The first-order valence-electron chi connectivity index (χ1n) is 8.63. The molecule has 6 nitrogen and oxygen atoms in total. The van der Waals surface area contributed by atoms with Crippen LogP contribution in [-0.4, -0.2) is 31.8 Å². The Morgan fingerprint density at radius 1 is 1.15 bits per heavy atom. The van der Waals surface area contributed by atoms with Crippen molar-refractivity contribution in [3.05, 3.63) is 54.1 Å². The smallest absolute Gasteiger partial charge is 0.248 e. The van der Waals surface area contributed by atoms with Crippen molar-refractivity contribution in [3.63, 3.8) is 0 Å². The molecule has 1 amide bonds. The van der Waals surface area contributed by atoms with Crippen LogP contribution in [-0.2, 0) is 14.6 Å². The average Bonchev–Trinajstić information content (AvgIpc) is 2.67. The standard InChI is InChI=1S/C20H23NO5S/c1-3-13-26-16-8-5-15(6-9-16)7-12-20(23)21-18-14-17(10-11-19(18)22)27(24,25)4-2/h5-12,14,22H,3-4,13H2,1-2H3,(H,21,23)/b12-7+. The van der Waals surface area contributed by atoms with E-state index in [0.29, 0.717) is 6.61 Å². The van der Waals surface area contributed by atoms with Gasteiger partial charge in [0.25, 0.3) is 0 Å². The van der Waals surface area contributed by atoms with E-state index in [9.17, 15) is 18.3 Å². The molecule has 0 aliphatic heterocycles. The molecule has 0 radical (unpaired) electrons. The number of rotatable bonds is 8. The van der Waals surface area contributed by atoms with Crippen molar-refractivity contribution in [2.24, 2.45) is 0 Å². The van der Waals surface area contributed by atoms with E-state index in [4.69, 9.17) is 4.74 Å². The van der Waals surface area contributed by atoms with E-state index in [1.807, 2.05) is 31.2 Å². The molecule has 0 atom stereocenters. The Morgan fingerprint density at radius 3 is 2.48 bits per heavy atom. The Labute approximate surface area is 159 Å². The highest BCUT2D eigenvalue weighted by Gasteiger charge is 2.14. The summed E-state index contributed by atoms with van der Waals surface area (Å²) in [5, 5.41) is 12.4. The van der Waals surface area contributed by atoms with Crippen molar-refractivity contribution in [2.45, 2.75) is 25.2 Å². The molecule has 0 heterocycles. The summed E-state index contributed by atoms with van der Waals surface area (Å²) >= 11 is 0. The van der Waals surface area contributed by atoms with Crippen LogP contribution in [0.5, 0.6) is 11.5 Å². The zero-order valence-corrected chi connectivity index (χ0v) is 16.1. The van der Waals surface area contributed by atoms with E-state index >= 15 is 0 Å². The molecule has 2 rings (SSSR count). The van der Waals surface area contributed by atoms with Crippen LogP contribution < -0.4 is 10.1 Å². The van der Waals surface area contributed by atoms with Gasteiger partial charge in [0.05, 0.1) is 22.9 Å². The van der Waals surface area contributed by atoms with Crippen LogP contribution in [0.2, 0.25) is 0 Å². The molecule has 144 valence electrons. The largest absolute Gasteiger partial charge is 0.506 e. The lowest BCUT2D eigenvalue weighted by molar-refractivity contribution is -0.111. The van der Waals surface area contributed by atoms with Gasteiger partial charge < -0.3 is 15.2 Å². The molecule has 0 saturated carbocycles. The molecule has 2 aromatic rings. The number of hydrogen-bond acceptors (Lipinski definition) is 5. The molecule has 0 aromatic heterocycles. The molecule has 27 heavy (non-hydrogen) atoms. The van der Waals surface area contributed by atoms with E-state index in [2.05, 4.69) is 5.32 Å². The maximum atomic E-state index is 12.1. The third kappa shape index (κ3) is 5.86. The van der Waals surface area contributed by atoms with Crippen molar-refractivity contribution < 1.29 is 23.1 Å². The molecule has 0 saturated heterocycles. The van der Waals surface area contributed by atoms with Gasteiger partial charge in [-0.1, -0.05) is 26.0 Å². The van der Waals surface area contributed by atoms with Gasteiger partial charge in [0, 0.05) is 6.08 Å². The molecule has 0 aliphatic carbocycles. The molecule has 0 fully saturated rings. The lowest BCUT2D eigenvalue weighted by Gasteiger charge is -2.08. The van der Waals surface area contributed by atoms with Crippen LogP contribution in [0.3, 0.4) is 0 Å². The minimum absolute atomic E-state index is 0.0440. The quantitative estimate of drug-likeness (QED) is 0.531. The van der Waals surface area contributed by atoms with Gasteiger partial charge >= 0.3 is 0 Å². The summed E-state index contributed by atoms with van der Waals surface area (Å²) in [5.41, 5.74) is 0.850. The van der Waals surface area contributed by atoms with Crippen molar-refractivity contribution in [3.8, 4) is 11.5 Å². The first-order chi connectivity index (χ1) is 12.9. The van der Waals surface area contributed by atoms with Gasteiger partial charge in [-0.2, -0.15) is 0 Å². The lowest BCUT2D eigenvalue weighted by atomic mass is 10.2. The van der Waals surface area contributed by atoms with E-state index < -0.39 is 15.7 Å². The van der Waals surface area contributed by atoms with Gasteiger partial charge in [0.2, 0.25) is 5.91 Å². The second-order valence-electron chi connectivity index (χ2n) is 5.82. The predicted molar refractivity (Wildman–Crippen MR) is 106 cm³/mol. The number of phenols is 1. The highest BCUT2D eigenvalue weighted by molar-refractivity contribution is 7.91. The zero-order valence-electron chi connectivity index (χ0n) is 15.3. The number of carbonyl (C=O) groups is 1. The molecule has 0 aliphatic rings. The van der Waals surface area contributed by atoms with Crippen LogP contribution in [0.15, 0.2) is 53.4 Å². The number of aromatic hydroxyl groups is 1. The Kier molecular flexibility index (Phi) is 7.01. The Bertz CT molecular complexity index is 918. The van der Waals surface area contributed by atoms with Crippen molar-refractivity contribution in [2.75, 3.05) is 17.7 Å². The van der Waals surface area contributed by atoms with E-state index in [0.717, 1.165) is 17.7 Å². The summed E-state index contributed by atoms with van der Waals surface area (Å²) in [6.45, 7) is 4.20.